The molecule has 1 aromatic carbocycles. The highest BCUT2D eigenvalue weighted by molar-refractivity contribution is 5.92. The lowest BCUT2D eigenvalue weighted by molar-refractivity contribution is -0.117. The van der Waals surface area contributed by atoms with Gasteiger partial charge in [0.1, 0.15) is 0 Å². The molecule has 4 heteroatoms. The largest absolute Gasteiger partial charge is 0.323 e. The summed E-state index contributed by atoms with van der Waals surface area (Å²) in [5, 5.41) is 7.74. The smallest absolute Gasteiger partial charge is 0.224 e. The minimum absolute atomic E-state index is 0.145. The molecule has 0 aliphatic heterocycles. The monoisotopic (exact) mass is 323 g/mol. The van der Waals surface area contributed by atoms with Crippen LogP contribution >= 0.6 is 0 Å². The van der Waals surface area contributed by atoms with E-state index in [0.29, 0.717) is 12.3 Å². The van der Waals surface area contributed by atoms with Crippen molar-refractivity contribution in [1.82, 2.24) is 9.78 Å². The Morgan fingerprint density at radius 3 is 2.67 bits per heavy atom. The van der Waals surface area contributed by atoms with Crippen LogP contribution in [0.4, 0.5) is 5.69 Å². The highest BCUT2D eigenvalue weighted by Gasteiger charge is 2.40. The number of aromatic nitrogens is 2. The van der Waals surface area contributed by atoms with Crippen molar-refractivity contribution in [2.75, 3.05) is 5.32 Å². The molecule has 4 nitrogen and oxygen atoms in total. The first-order chi connectivity index (χ1) is 11.6. The Morgan fingerprint density at radius 1 is 1.21 bits per heavy atom. The number of amides is 1. The fraction of sp³-hybridized carbons (Fsp3) is 0.500. The molecule has 1 N–H and O–H groups in total. The van der Waals surface area contributed by atoms with Crippen LogP contribution in [0.3, 0.4) is 0 Å². The number of carbonyl (C=O) groups excluding carboxylic acids is 1. The quantitative estimate of drug-likeness (QED) is 0.914. The minimum Gasteiger partial charge on any atom is -0.323 e. The van der Waals surface area contributed by atoms with E-state index in [1.54, 1.807) is 0 Å². The molecule has 4 rings (SSSR count). The fourth-order valence-electron chi connectivity index (χ4n) is 4.70. The van der Waals surface area contributed by atoms with Gasteiger partial charge in [0.05, 0.1) is 22.8 Å². The normalized spacial score (nSPS) is 25.2. The molecule has 0 saturated heterocycles. The highest BCUT2D eigenvalue weighted by atomic mass is 16.1. The van der Waals surface area contributed by atoms with Crippen LogP contribution in [-0.4, -0.2) is 15.7 Å². The van der Waals surface area contributed by atoms with Gasteiger partial charge in [-0.2, -0.15) is 5.10 Å². The summed E-state index contributed by atoms with van der Waals surface area (Å²) in [6.07, 6.45) is 5.97. The third kappa shape index (κ3) is 2.74. The standard InChI is InChI=1S/C20H25N3O/c1-13-20(14(2)23(22-13)18-6-4-3-5-7-18)21-19(24)12-17-11-15-8-9-16(17)10-15/h3-7,15-17H,8-12H2,1-2H3,(H,21,24). The van der Waals surface area contributed by atoms with Crippen LogP contribution in [0.1, 0.15) is 43.5 Å². The maximum atomic E-state index is 12.5. The maximum Gasteiger partial charge on any atom is 0.224 e. The summed E-state index contributed by atoms with van der Waals surface area (Å²) < 4.78 is 1.91. The lowest BCUT2D eigenvalue weighted by atomic mass is 9.86. The zero-order valence-electron chi connectivity index (χ0n) is 14.5. The van der Waals surface area contributed by atoms with Crippen LogP contribution in [0.5, 0.6) is 0 Å². The number of fused-ring (bicyclic) bond motifs is 2. The molecule has 2 aliphatic rings. The summed E-state index contributed by atoms with van der Waals surface area (Å²) in [5.74, 6) is 2.41. The SMILES string of the molecule is Cc1nn(-c2ccccc2)c(C)c1NC(=O)CC1CC2CCC1C2. The third-order valence-corrected chi connectivity index (χ3v) is 5.89. The van der Waals surface area contributed by atoms with Gasteiger partial charge in [-0.25, -0.2) is 4.68 Å². The van der Waals surface area contributed by atoms with Crippen molar-refractivity contribution in [2.45, 2.75) is 46.0 Å². The second-order valence-corrected chi connectivity index (χ2v) is 7.48. The number of benzene rings is 1. The summed E-state index contributed by atoms with van der Waals surface area (Å²) >= 11 is 0. The van der Waals surface area contributed by atoms with Gasteiger partial charge in [-0.3, -0.25) is 4.79 Å². The fourth-order valence-corrected chi connectivity index (χ4v) is 4.70. The average Bonchev–Trinajstić information content (AvgIpc) is 3.26. The van der Waals surface area contributed by atoms with Crippen molar-refractivity contribution in [2.24, 2.45) is 17.8 Å². The van der Waals surface area contributed by atoms with Gasteiger partial charge in [-0.1, -0.05) is 24.6 Å². The van der Waals surface area contributed by atoms with E-state index in [4.69, 9.17) is 0 Å². The number of nitrogens with one attached hydrogen (secondary N) is 1. The predicted molar refractivity (Wildman–Crippen MR) is 95.2 cm³/mol. The number of para-hydroxylation sites is 1. The molecule has 0 spiro atoms. The van der Waals surface area contributed by atoms with Crippen LogP contribution in [0.15, 0.2) is 30.3 Å². The minimum atomic E-state index is 0.145. The molecule has 2 bridgehead atoms. The van der Waals surface area contributed by atoms with Crippen LogP contribution < -0.4 is 5.32 Å². The molecule has 1 heterocycles. The van der Waals surface area contributed by atoms with Crippen molar-refractivity contribution >= 4 is 11.6 Å². The second kappa shape index (κ2) is 6.08. The van der Waals surface area contributed by atoms with E-state index in [1.807, 2.05) is 48.9 Å². The second-order valence-electron chi connectivity index (χ2n) is 7.48. The van der Waals surface area contributed by atoms with Crippen LogP contribution in [0.25, 0.3) is 5.69 Å². The summed E-state index contributed by atoms with van der Waals surface area (Å²) in [6, 6.07) is 10.0. The van der Waals surface area contributed by atoms with Gasteiger partial charge in [0.2, 0.25) is 5.91 Å². The van der Waals surface area contributed by atoms with E-state index in [-0.39, 0.29) is 5.91 Å². The number of nitrogens with zero attached hydrogens (tertiary/aromatic N) is 2. The summed E-state index contributed by atoms with van der Waals surface area (Å²) in [5.41, 5.74) is 3.75. The summed E-state index contributed by atoms with van der Waals surface area (Å²) in [6.45, 7) is 3.97. The third-order valence-electron chi connectivity index (χ3n) is 5.89. The Morgan fingerprint density at radius 2 is 2.00 bits per heavy atom. The van der Waals surface area contributed by atoms with Crippen LogP contribution in [0, 0.1) is 31.6 Å². The number of aryl methyl sites for hydroxylation is 1. The zero-order chi connectivity index (χ0) is 16.7. The van der Waals surface area contributed by atoms with Crippen LogP contribution in [-0.2, 0) is 4.79 Å². The van der Waals surface area contributed by atoms with Gasteiger partial charge >= 0.3 is 0 Å². The first kappa shape index (κ1) is 15.4. The molecular formula is C20H25N3O. The van der Waals surface area contributed by atoms with Gasteiger partial charge < -0.3 is 5.32 Å². The molecule has 2 aliphatic carbocycles. The van der Waals surface area contributed by atoms with E-state index in [1.165, 1.54) is 25.7 Å². The number of rotatable bonds is 4. The number of hydrogen-bond acceptors (Lipinski definition) is 2. The van der Waals surface area contributed by atoms with Crippen molar-refractivity contribution in [3.63, 3.8) is 0 Å². The molecule has 3 unspecified atom stereocenters. The Bertz CT molecular complexity index is 750. The topological polar surface area (TPSA) is 46.9 Å². The van der Waals surface area contributed by atoms with Crippen molar-refractivity contribution in [3.05, 3.63) is 41.7 Å². The lowest BCUT2D eigenvalue weighted by Crippen LogP contribution is -2.20. The van der Waals surface area contributed by atoms with Gasteiger partial charge in [0.25, 0.3) is 0 Å². The Kier molecular flexibility index (Phi) is 3.91. The maximum absolute atomic E-state index is 12.5. The Hall–Kier alpha value is -2.10. The van der Waals surface area contributed by atoms with E-state index in [9.17, 15) is 4.79 Å². The lowest BCUT2D eigenvalue weighted by Gasteiger charge is -2.20. The summed E-state index contributed by atoms with van der Waals surface area (Å²) in [7, 11) is 0. The Balaban J connectivity index is 1.48. The predicted octanol–water partition coefficient (Wildman–Crippen LogP) is 4.25. The first-order valence-electron chi connectivity index (χ1n) is 9.03. The van der Waals surface area contributed by atoms with E-state index < -0.39 is 0 Å². The van der Waals surface area contributed by atoms with E-state index in [2.05, 4.69) is 10.4 Å². The average molecular weight is 323 g/mol. The number of carbonyl (C=O) groups is 1. The molecule has 3 atom stereocenters. The number of anilines is 1. The molecule has 24 heavy (non-hydrogen) atoms. The van der Waals surface area contributed by atoms with Crippen LogP contribution in [0.2, 0.25) is 0 Å². The van der Waals surface area contributed by atoms with Crippen molar-refractivity contribution < 1.29 is 4.79 Å². The van der Waals surface area contributed by atoms with E-state index >= 15 is 0 Å². The van der Waals surface area contributed by atoms with Crippen molar-refractivity contribution in [1.29, 1.82) is 0 Å². The molecule has 2 aromatic rings. The van der Waals surface area contributed by atoms with E-state index in [0.717, 1.165) is 34.6 Å². The van der Waals surface area contributed by atoms with Gasteiger partial charge in [0, 0.05) is 6.42 Å². The molecule has 2 fully saturated rings. The molecule has 2 saturated carbocycles. The van der Waals surface area contributed by atoms with Gasteiger partial charge in [-0.05, 0) is 63.0 Å². The van der Waals surface area contributed by atoms with Gasteiger partial charge in [-0.15, -0.1) is 0 Å². The summed E-state index contributed by atoms with van der Waals surface area (Å²) in [4.78, 5) is 12.5. The molecule has 1 aromatic heterocycles. The molecule has 0 radical (unpaired) electrons. The molecule has 1 amide bonds. The molecular weight excluding hydrogens is 298 g/mol. The zero-order valence-corrected chi connectivity index (χ0v) is 14.5. The van der Waals surface area contributed by atoms with Crippen molar-refractivity contribution in [3.8, 4) is 5.69 Å². The highest BCUT2D eigenvalue weighted by Crippen LogP contribution is 2.49. The Labute approximate surface area is 143 Å². The first-order valence-corrected chi connectivity index (χ1v) is 9.03. The molecule has 126 valence electrons. The number of hydrogen-bond donors (Lipinski definition) is 1. The van der Waals surface area contributed by atoms with Gasteiger partial charge in [0.15, 0.2) is 0 Å².